The van der Waals surface area contributed by atoms with E-state index in [9.17, 15) is 9.90 Å². The fourth-order valence-electron chi connectivity index (χ4n) is 14.3. The first-order chi connectivity index (χ1) is 47.1. The molecule has 0 bridgehead atoms. The minimum absolute atomic E-state index is 0.208. The first kappa shape index (κ1) is 75.3. The van der Waals surface area contributed by atoms with Crippen molar-refractivity contribution < 1.29 is 9.90 Å². The monoisotopic (exact) mass is 1400 g/mol. The minimum atomic E-state index is -1.15. The number of aryl methyl sites for hydroxylation is 8. The Hall–Kier alpha value is -4.86. The van der Waals surface area contributed by atoms with Crippen LogP contribution in [0.4, 0.5) is 11.4 Å². The molecule has 0 spiro atoms. The number of benzene rings is 2. The van der Waals surface area contributed by atoms with Crippen LogP contribution < -0.4 is 4.90 Å². The molecule has 1 atom stereocenters. The average molecular weight is 1400 g/mol. The number of unbranched alkanes of at least 4 members (excludes halogenated alkanes) is 19. The zero-order valence-corrected chi connectivity index (χ0v) is 64.9. The fraction of sp³-hybridized carbons (Fsp3) is 0.535. The molecule has 0 radical (unpaired) electrons. The van der Waals surface area contributed by atoms with Gasteiger partial charge in [0.25, 0.3) is 5.70 Å². The van der Waals surface area contributed by atoms with E-state index in [0.717, 1.165) is 82.1 Å². The number of para-hydroxylation sites is 1. The number of carbonyl (C=O) groups is 1. The molecular formula is C86H114N2O2S6. The third-order valence-corrected chi connectivity index (χ3v) is 28.0. The van der Waals surface area contributed by atoms with E-state index in [1.165, 1.54) is 270 Å². The molecule has 1 unspecified atom stereocenters. The van der Waals surface area contributed by atoms with E-state index in [2.05, 4.69) is 189 Å². The van der Waals surface area contributed by atoms with Crippen LogP contribution in [0.25, 0.3) is 70.1 Å². The maximum absolute atomic E-state index is 12.3. The summed E-state index contributed by atoms with van der Waals surface area (Å²) in [5.74, 6) is -0.483. The van der Waals surface area contributed by atoms with Crippen LogP contribution in [-0.4, -0.2) is 17.6 Å². The fourth-order valence-corrected chi connectivity index (χ4v) is 22.1. The molecule has 0 fully saturated rings. The van der Waals surface area contributed by atoms with Gasteiger partial charge in [0.15, 0.2) is 0 Å². The van der Waals surface area contributed by atoms with Crippen molar-refractivity contribution in [2.45, 2.75) is 287 Å². The molecule has 10 heteroatoms. The van der Waals surface area contributed by atoms with Gasteiger partial charge >= 0.3 is 5.97 Å². The van der Waals surface area contributed by atoms with Crippen molar-refractivity contribution in [3.05, 3.63) is 145 Å². The number of fused-ring (bicyclic) bond motifs is 2. The summed E-state index contributed by atoms with van der Waals surface area (Å²) in [5.41, 5.74) is 15.7. The zero-order chi connectivity index (χ0) is 67.6. The summed E-state index contributed by atoms with van der Waals surface area (Å²) in [7, 11) is 0. The third-order valence-electron chi connectivity index (χ3n) is 20.0. The van der Waals surface area contributed by atoms with Crippen molar-refractivity contribution >= 4 is 91.4 Å². The standard InChI is InChI=1S/C86H114N2O2S6/c1-10-18-25-31-41-64-53-76(91-75(64)59-71(87-9)86(89)90)81-67(43-33-27-20-12-3)55-78(93-81)83-69(45-35-29-22-14-5)57-80(95-83)85-70(46-36-30-23-15-6)58-79(96-85)84-68(44-34-28-21-13-4)56-77(94-84)82-66(42-32-26-19-11-2)54-74(92-82)65-50-51-73-63(52-65)49-48-62-40-37-38-47-72(62)88(73)60-61(17-8)39-24-16-7/h37-38,40,47,50-59,61H,10-36,39,41-46,48-49,60H2,1-8H3,(H,89,90)/b71-59-. The SMILES string of the molecule is [C-]#[N+]/C(=C\c1sc(-c2sc(-c3sc(-c4sc(-c5sc(-c6sc(-c7ccc8c(c7)CCc7ccccc7N8CC(CC)CCCC)cc6CCCCCC)cc5CCCCCC)cc4CCCCCC)cc3CCCCCC)cc2CCCCCC)cc1CCCCCC)C(=O)O. The van der Waals surface area contributed by atoms with Crippen LogP contribution in [0.1, 0.15) is 285 Å². The second-order valence-electron chi connectivity index (χ2n) is 27.6. The Labute approximate surface area is 605 Å². The molecule has 1 aliphatic rings. The van der Waals surface area contributed by atoms with Crippen LogP contribution in [0.3, 0.4) is 0 Å². The summed E-state index contributed by atoms with van der Waals surface area (Å²) >= 11 is 12.0. The molecule has 4 nitrogen and oxygen atoms in total. The van der Waals surface area contributed by atoms with Gasteiger partial charge in [0.2, 0.25) is 0 Å². The molecule has 0 saturated carbocycles. The average Bonchev–Trinajstić information content (AvgIpc) is 1.61. The Morgan fingerprint density at radius 2 is 0.802 bits per heavy atom. The van der Waals surface area contributed by atoms with Gasteiger partial charge in [-0.2, -0.15) is 0 Å². The van der Waals surface area contributed by atoms with Crippen LogP contribution >= 0.6 is 68.0 Å². The van der Waals surface area contributed by atoms with Crippen LogP contribution in [0, 0.1) is 12.5 Å². The number of carboxylic acid groups (broad SMARTS) is 1. The molecule has 1 aliphatic heterocycles. The van der Waals surface area contributed by atoms with Crippen molar-refractivity contribution in [3.63, 3.8) is 0 Å². The molecule has 8 aromatic rings. The lowest BCUT2D eigenvalue weighted by molar-refractivity contribution is -0.132. The van der Waals surface area contributed by atoms with Crippen LogP contribution in [0.5, 0.6) is 0 Å². The zero-order valence-electron chi connectivity index (χ0n) is 60.0. The van der Waals surface area contributed by atoms with Gasteiger partial charge in [-0.05, 0) is 213 Å². The van der Waals surface area contributed by atoms with Gasteiger partial charge in [0, 0.05) is 76.4 Å². The van der Waals surface area contributed by atoms with E-state index in [-0.39, 0.29) is 5.70 Å². The maximum Gasteiger partial charge on any atom is 0.333 e. The van der Waals surface area contributed by atoms with E-state index in [0.29, 0.717) is 5.92 Å². The second-order valence-corrected chi connectivity index (χ2v) is 34.0. The molecule has 6 aromatic heterocycles. The molecule has 0 aliphatic carbocycles. The van der Waals surface area contributed by atoms with Crippen LogP contribution in [-0.2, 0) is 56.2 Å². The molecule has 0 amide bonds. The summed E-state index contributed by atoms with van der Waals surface area (Å²) in [6, 6.07) is 32.3. The molecule has 9 rings (SSSR count). The third kappa shape index (κ3) is 20.4. The van der Waals surface area contributed by atoms with Gasteiger partial charge in [-0.25, -0.2) is 4.85 Å². The van der Waals surface area contributed by atoms with Crippen molar-refractivity contribution in [2.75, 3.05) is 11.4 Å². The highest BCUT2D eigenvalue weighted by Crippen LogP contribution is 2.53. The quantitative estimate of drug-likeness (QED) is 0.0235. The minimum Gasteiger partial charge on any atom is -0.486 e. The van der Waals surface area contributed by atoms with Crippen molar-refractivity contribution in [1.29, 1.82) is 0 Å². The lowest BCUT2D eigenvalue weighted by Gasteiger charge is -2.31. The maximum atomic E-state index is 12.3. The second kappa shape index (κ2) is 39.8. The van der Waals surface area contributed by atoms with Crippen molar-refractivity contribution in [1.82, 2.24) is 0 Å². The molecule has 0 saturated heterocycles. The Bertz CT molecular complexity index is 3750. The smallest absolute Gasteiger partial charge is 0.333 e. The first-order valence-corrected chi connectivity index (χ1v) is 43.1. The first-order valence-electron chi connectivity index (χ1n) is 38.2. The van der Waals surface area contributed by atoms with Gasteiger partial charge in [-0.15, -0.1) is 68.0 Å². The normalized spacial score (nSPS) is 12.8. The Morgan fingerprint density at radius 3 is 1.21 bits per heavy atom. The summed E-state index contributed by atoms with van der Waals surface area (Å²) in [4.78, 5) is 35.0. The number of hydrogen-bond donors (Lipinski definition) is 1. The highest BCUT2D eigenvalue weighted by molar-refractivity contribution is 7.31. The summed E-state index contributed by atoms with van der Waals surface area (Å²) in [6.45, 7) is 27.5. The highest BCUT2D eigenvalue weighted by atomic mass is 32.1. The number of thiophene rings is 6. The topological polar surface area (TPSA) is 44.9 Å². The number of aliphatic carboxylic acids is 1. The van der Waals surface area contributed by atoms with E-state index in [1.54, 1.807) is 23.0 Å². The van der Waals surface area contributed by atoms with Crippen molar-refractivity contribution in [2.24, 2.45) is 5.92 Å². The van der Waals surface area contributed by atoms with E-state index < -0.39 is 5.97 Å². The predicted octanol–water partition coefficient (Wildman–Crippen LogP) is 29.6. The Kier molecular flexibility index (Phi) is 31.2. The Morgan fingerprint density at radius 1 is 0.438 bits per heavy atom. The summed E-state index contributed by atoms with van der Waals surface area (Å²) < 4.78 is 0. The lowest BCUT2D eigenvalue weighted by Crippen LogP contribution is -2.25. The van der Waals surface area contributed by atoms with E-state index in [1.807, 2.05) is 11.3 Å². The number of hydrogen-bond acceptors (Lipinski definition) is 8. The molecule has 7 heterocycles. The number of nitrogens with zero attached hydrogens (tertiary/aromatic N) is 2. The number of rotatable bonds is 44. The number of anilines is 2. The molecule has 96 heavy (non-hydrogen) atoms. The lowest BCUT2D eigenvalue weighted by atomic mass is 9.97. The predicted molar refractivity (Wildman–Crippen MR) is 430 cm³/mol. The van der Waals surface area contributed by atoms with Gasteiger partial charge in [0.05, 0.1) is 6.57 Å². The molecule has 516 valence electrons. The Balaban J connectivity index is 1.14. The van der Waals surface area contributed by atoms with E-state index in [4.69, 9.17) is 6.57 Å². The van der Waals surface area contributed by atoms with Crippen LogP contribution in [0.15, 0.2) is 84.6 Å². The van der Waals surface area contributed by atoms with E-state index >= 15 is 0 Å². The van der Waals surface area contributed by atoms with Gasteiger partial charge < -0.3 is 10.0 Å². The number of carboxylic acids is 1. The molecule has 2 aromatic carbocycles. The van der Waals surface area contributed by atoms with Crippen molar-refractivity contribution in [3.8, 4) is 59.2 Å². The van der Waals surface area contributed by atoms with Crippen LogP contribution in [0.2, 0.25) is 0 Å². The highest BCUT2D eigenvalue weighted by Gasteiger charge is 2.28. The largest absolute Gasteiger partial charge is 0.486 e. The summed E-state index contributed by atoms with van der Waals surface area (Å²) in [5, 5.41) is 10.0. The van der Waals surface area contributed by atoms with Gasteiger partial charge in [0.1, 0.15) is 0 Å². The van der Waals surface area contributed by atoms with Gasteiger partial charge in [-0.1, -0.05) is 214 Å². The summed E-state index contributed by atoms with van der Waals surface area (Å²) in [6.07, 6.45) is 44.5. The molecule has 1 N–H and O–H groups in total. The van der Waals surface area contributed by atoms with Gasteiger partial charge in [-0.3, -0.25) is 4.79 Å². The molecular weight excluding hydrogens is 1290 g/mol.